The lowest BCUT2D eigenvalue weighted by Gasteiger charge is -2.21. The van der Waals surface area contributed by atoms with Gasteiger partial charge >= 0.3 is 0 Å². The van der Waals surface area contributed by atoms with Crippen molar-refractivity contribution in [3.63, 3.8) is 0 Å². The number of aromatic amines is 1. The first-order chi connectivity index (χ1) is 6.84. The Morgan fingerprint density at radius 3 is 2.79 bits per heavy atom. The van der Waals surface area contributed by atoms with Crippen LogP contribution >= 0.6 is 11.6 Å². The van der Waals surface area contributed by atoms with E-state index in [0.29, 0.717) is 5.28 Å². The molecule has 0 aliphatic carbocycles. The molecule has 0 amide bonds. The van der Waals surface area contributed by atoms with Gasteiger partial charge in [-0.05, 0) is 49.9 Å². The number of aryl methyl sites for hydroxylation is 1. The van der Waals surface area contributed by atoms with Gasteiger partial charge in [0.15, 0.2) is 0 Å². The monoisotopic (exact) mass is 214 g/mol. The highest BCUT2D eigenvalue weighted by Gasteiger charge is 2.13. The van der Waals surface area contributed by atoms with Crippen molar-refractivity contribution in [3.05, 3.63) is 11.1 Å². The van der Waals surface area contributed by atoms with Gasteiger partial charge in [0, 0.05) is 6.42 Å². The second-order valence-corrected chi connectivity index (χ2v) is 4.12. The predicted octanol–water partition coefficient (Wildman–Crippen LogP) is 1.39. The number of hydrogen-bond acceptors (Lipinski definition) is 3. The average Bonchev–Trinajstić information content (AvgIpc) is 2.63. The molecule has 1 fully saturated rings. The van der Waals surface area contributed by atoms with Gasteiger partial charge in [-0.25, -0.2) is 4.98 Å². The molecular weight excluding hydrogens is 200 g/mol. The lowest BCUT2D eigenvalue weighted by Crippen LogP contribution is -2.27. The second-order valence-electron chi connectivity index (χ2n) is 3.78. The van der Waals surface area contributed by atoms with E-state index in [1.807, 2.05) is 0 Å². The Bertz CT molecular complexity index is 280. The summed E-state index contributed by atoms with van der Waals surface area (Å²) in [6.07, 6.45) is 4.71. The maximum absolute atomic E-state index is 5.62. The minimum Gasteiger partial charge on any atom is -0.317 e. The molecule has 5 heteroatoms. The Hall–Kier alpha value is -0.610. The molecule has 1 saturated heterocycles. The van der Waals surface area contributed by atoms with Crippen molar-refractivity contribution in [1.82, 2.24) is 20.5 Å². The summed E-state index contributed by atoms with van der Waals surface area (Å²) >= 11 is 5.62. The van der Waals surface area contributed by atoms with Crippen molar-refractivity contribution in [2.24, 2.45) is 5.92 Å². The largest absolute Gasteiger partial charge is 0.317 e. The van der Waals surface area contributed by atoms with E-state index in [-0.39, 0.29) is 0 Å². The van der Waals surface area contributed by atoms with Gasteiger partial charge in [0.1, 0.15) is 5.82 Å². The van der Waals surface area contributed by atoms with Gasteiger partial charge in [-0.1, -0.05) is 0 Å². The summed E-state index contributed by atoms with van der Waals surface area (Å²) in [5, 5.41) is 10.3. The van der Waals surface area contributed by atoms with Crippen LogP contribution in [0.15, 0.2) is 0 Å². The van der Waals surface area contributed by atoms with E-state index in [2.05, 4.69) is 20.5 Å². The van der Waals surface area contributed by atoms with Crippen molar-refractivity contribution in [3.8, 4) is 0 Å². The molecule has 0 saturated carbocycles. The molecular formula is C9H15ClN4. The van der Waals surface area contributed by atoms with Crippen molar-refractivity contribution in [1.29, 1.82) is 0 Å². The third-order valence-electron chi connectivity index (χ3n) is 2.75. The molecule has 1 aromatic rings. The molecule has 14 heavy (non-hydrogen) atoms. The van der Waals surface area contributed by atoms with Crippen LogP contribution in [0.1, 0.15) is 25.1 Å². The van der Waals surface area contributed by atoms with E-state index in [0.717, 1.165) is 31.3 Å². The molecule has 2 N–H and O–H groups in total. The van der Waals surface area contributed by atoms with Crippen LogP contribution in [0.4, 0.5) is 0 Å². The van der Waals surface area contributed by atoms with Crippen molar-refractivity contribution < 1.29 is 0 Å². The van der Waals surface area contributed by atoms with Crippen LogP contribution in [-0.4, -0.2) is 28.3 Å². The van der Waals surface area contributed by atoms with Gasteiger partial charge in [0.2, 0.25) is 5.28 Å². The van der Waals surface area contributed by atoms with Gasteiger partial charge < -0.3 is 5.32 Å². The third kappa shape index (κ3) is 2.69. The summed E-state index contributed by atoms with van der Waals surface area (Å²) in [5.41, 5.74) is 0. The minimum atomic E-state index is 0.324. The predicted molar refractivity (Wildman–Crippen MR) is 55.3 cm³/mol. The Labute approximate surface area is 88.5 Å². The molecule has 1 aliphatic heterocycles. The zero-order valence-electron chi connectivity index (χ0n) is 8.09. The van der Waals surface area contributed by atoms with Crippen molar-refractivity contribution in [2.45, 2.75) is 25.7 Å². The molecule has 0 atom stereocenters. The molecule has 4 nitrogen and oxygen atoms in total. The smallest absolute Gasteiger partial charge is 0.242 e. The maximum Gasteiger partial charge on any atom is 0.242 e. The van der Waals surface area contributed by atoms with E-state index >= 15 is 0 Å². The third-order valence-corrected chi connectivity index (χ3v) is 2.92. The lowest BCUT2D eigenvalue weighted by molar-refractivity contribution is 0.352. The molecule has 2 heterocycles. The Morgan fingerprint density at radius 2 is 2.14 bits per heavy atom. The number of hydrogen-bond donors (Lipinski definition) is 2. The molecule has 2 rings (SSSR count). The summed E-state index contributed by atoms with van der Waals surface area (Å²) in [6, 6.07) is 0. The SMILES string of the molecule is Clc1n[nH]c(CCC2CCNCC2)n1. The maximum atomic E-state index is 5.62. The summed E-state index contributed by atoms with van der Waals surface area (Å²) < 4.78 is 0. The van der Waals surface area contributed by atoms with E-state index in [1.165, 1.54) is 19.3 Å². The molecule has 0 unspecified atom stereocenters. The number of nitrogens with zero attached hydrogens (tertiary/aromatic N) is 2. The summed E-state index contributed by atoms with van der Waals surface area (Å²) in [7, 11) is 0. The second kappa shape index (κ2) is 4.75. The van der Waals surface area contributed by atoms with Crippen molar-refractivity contribution in [2.75, 3.05) is 13.1 Å². The van der Waals surface area contributed by atoms with Crippen LogP contribution in [0.5, 0.6) is 0 Å². The van der Waals surface area contributed by atoms with Crippen LogP contribution in [0.2, 0.25) is 5.28 Å². The van der Waals surface area contributed by atoms with Gasteiger partial charge in [0.25, 0.3) is 0 Å². The number of halogens is 1. The summed E-state index contributed by atoms with van der Waals surface area (Å²) in [4.78, 5) is 4.08. The van der Waals surface area contributed by atoms with E-state index < -0.39 is 0 Å². The van der Waals surface area contributed by atoms with Crippen molar-refractivity contribution >= 4 is 11.6 Å². The summed E-state index contributed by atoms with van der Waals surface area (Å²) in [6.45, 7) is 2.31. The first kappa shape index (κ1) is 9.93. The fourth-order valence-electron chi connectivity index (χ4n) is 1.90. The quantitative estimate of drug-likeness (QED) is 0.800. The Kier molecular flexibility index (Phi) is 3.37. The van der Waals surface area contributed by atoms with Crippen LogP contribution in [0.25, 0.3) is 0 Å². The standard InChI is InChI=1S/C9H15ClN4/c10-9-12-8(13-14-9)2-1-7-3-5-11-6-4-7/h7,11H,1-6H2,(H,12,13,14). The molecule has 0 spiro atoms. The van der Waals surface area contributed by atoms with E-state index in [9.17, 15) is 0 Å². The normalized spacial score (nSPS) is 18.6. The minimum absolute atomic E-state index is 0.324. The number of rotatable bonds is 3. The number of aromatic nitrogens is 3. The van der Waals surface area contributed by atoms with Crippen LogP contribution in [0.3, 0.4) is 0 Å². The highest BCUT2D eigenvalue weighted by molar-refractivity contribution is 6.28. The van der Waals surface area contributed by atoms with Crippen LogP contribution < -0.4 is 5.32 Å². The molecule has 0 radical (unpaired) electrons. The van der Waals surface area contributed by atoms with Gasteiger partial charge in [-0.3, -0.25) is 5.10 Å². The Balaban J connectivity index is 1.76. The highest BCUT2D eigenvalue weighted by Crippen LogP contribution is 2.17. The average molecular weight is 215 g/mol. The number of piperidine rings is 1. The summed E-state index contributed by atoms with van der Waals surface area (Å²) in [5.74, 6) is 1.74. The van der Waals surface area contributed by atoms with E-state index in [1.54, 1.807) is 0 Å². The zero-order chi connectivity index (χ0) is 9.80. The molecule has 0 aromatic carbocycles. The first-order valence-corrected chi connectivity index (χ1v) is 5.50. The van der Waals surface area contributed by atoms with Crippen LogP contribution in [0, 0.1) is 5.92 Å². The fraction of sp³-hybridized carbons (Fsp3) is 0.778. The zero-order valence-corrected chi connectivity index (χ0v) is 8.85. The molecule has 0 bridgehead atoms. The van der Waals surface area contributed by atoms with Gasteiger partial charge in [0.05, 0.1) is 0 Å². The number of nitrogens with one attached hydrogen (secondary N) is 2. The van der Waals surface area contributed by atoms with Gasteiger partial charge in [-0.2, -0.15) is 0 Å². The van der Waals surface area contributed by atoms with E-state index in [4.69, 9.17) is 11.6 Å². The van der Waals surface area contributed by atoms with Crippen LogP contribution in [-0.2, 0) is 6.42 Å². The number of H-pyrrole nitrogens is 1. The molecule has 78 valence electrons. The lowest BCUT2D eigenvalue weighted by atomic mass is 9.93. The fourth-order valence-corrected chi connectivity index (χ4v) is 2.04. The molecule has 1 aromatic heterocycles. The van der Waals surface area contributed by atoms with Gasteiger partial charge in [-0.15, -0.1) is 5.10 Å². The molecule has 1 aliphatic rings. The Morgan fingerprint density at radius 1 is 1.36 bits per heavy atom. The first-order valence-electron chi connectivity index (χ1n) is 5.12. The topological polar surface area (TPSA) is 53.6 Å². The highest BCUT2D eigenvalue weighted by atomic mass is 35.5.